The lowest BCUT2D eigenvalue weighted by molar-refractivity contribution is -0.385. The summed E-state index contributed by atoms with van der Waals surface area (Å²) in [4.78, 5) is 27.8. The Kier molecular flexibility index (Phi) is 4.56. The topological polar surface area (TPSA) is 98.3 Å². The van der Waals surface area contributed by atoms with Gasteiger partial charge in [-0.25, -0.2) is 4.98 Å². The van der Waals surface area contributed by atoms with Crippen LogP contribution in [0.3, 0.4) is 0 Å². The van der Waals surface area contributed by atoms with Gasteiger partial charge in [0, 0.05) is 28.4 Å². The van der Waals surface area contributed by atoms with Crippen LogP contribution in [-0.4, -0.2) is 15.8 Å². The van der Waals surface area contributed by atoms with Crippen molar-refractivity contribution in [2.45, 2.75) is 13.8 Å². The summed E-state index contributed by atoms with van der Waals surface area (Å²) < 4.78 is 5.84. The van der Waals surface area contributed by atoms with Gasteiger partial charge in [0.25, 0.3) is 11.6 Å². The molecule has 0 aliphatic heterocycles. The molecule has 7 nitrogen and oxygen atoms in total. The Labute approximate surface area is 166 Å². The van der Waals surface area contributed by atoms with Crippen LogP contribution in [0.25, 0.3) is 22.6 Å². The molecule has 1 N–H and O–H groups in total. The average Bonchev–Trinajstić information content (AvgIpc) is 3.11. The fourth-order valence-corrected chi connectivity index (χ4v) is 3.20. The van der Waals surface area contributed by atoms with Crippen molar-refractivity contribution in [3.63, 3.8) is 0 Å². The van der Waals surface area contributed by atoms with E-state index in [-0.39, 0.29) is 11.3 Å². The number of carbonyl (C=O) groups excluding carboxylic acids is 1. The fourth-order valence-electron chi connectivity index (χ4n) is 3.20. The van der Waals surface area contributed by atoms with Gasteiger partial charge in [0.15, 0.2) is 5.58 Å². The number of fused-ring (bicyclic) bond motifs is 1. The third-order valence-corrected chi connectivity index (χ3v) is 4.77. The molecule has 0 spiro atoms. The van der Waals surface area contributed by atoms with Gasteiger partial charge in [-0.05, 0) is 49.7 Å². The van der Waals surface area contributed by atoms with Gasteiger partial charge in [0.05, 0.1) is 4.92 Å². The molecule has 0 aliphatic carbocycles. The molecule has 144 valence electrons. The van der Waals surface area contributed by atoms with Crippen LogP contribution in [0, 0.1) is 24.0 Å². The molecule has 0 unspecified atom stereocenters. The quantitative estimate of drug-likeness (QED) is 0.380. The number of aromatic nitrogens is 1. The predicted octanol–water partition coefficient (Wildman–Crippen LogP) is 5.27. The summed E-state index contributed by atoms with van der Waals surface area (Å²) in [6.07, 6.45) is 0. The molecule has 3 aromatic carbocycles. The van der Waals surface area contributed by atoms with Gasteiger partial charge in [-0.1, -0.05) is 24.3 Å². The lowest BCUT2D eigenvalue weighted by Crippen LogP contribution is -2.14. The van der Waals surface area contributed by atoms with E-state index >= 15 is 0 Å². The molecule has 1 heterocycles. The number of oxazole rings is 1. The van der Waals surface area contributed by atoms with E-state index in [2.05, 4.69) is 10.3 Å². The Hall–Kier alpha value is -4.00. The fraction of sp³-hybridized carbons (Fsp3) is 0.0909. The molecule has 0 bridgehead atoms. The van der Waals surface area contributed by atoms with Gasteiger partial charge < -0.3 is 9.73 Å². The number of hydrogen-bond acceptors (Lipinski definition) is 5. The number of nitro benzene ring substituents is 1. The van der Waals surface area contributed by atoms with Crippen LogP contribution < -0.4 is 5.32 Å². The molecule has 0 saturated carbocycles. The number of rotatable bonds is 4. The van der Waals surface area contributed by atoms with Crippen LogP contribution in [0.15, 0.2) is 65.1 Å². The number of hydrogen-bond donors (Lipinski definition) is 1. The second-order valence-corrected chi connectivity index (χ2v) is 6.68. The monoisotopic (exact) mass is 387 g/mol. The molecule has 4 aromatic rings. The number of aryl methyl sites for hydroxylation is 1. The van der Waals surface area contributed by atoms with Gasteiger partial charge in [-0.2, -0.15) is 0 Å². The van der Waals surface area contributed by atoms with Crippen molar-refractivity contribution in [1.82, 2.24) is 4.98 Å². The van der Waals surface area contributed by atoms with E-state index in [0.29, 0.717) is 28.2 Å². The Bertz CT molecular complexity index is 1260. The molecule has 29 heavy (non-hydrogen) atoms. The first kappa shape index (κ1) is 18.4. The number of carbonyl (C=O) groups is 1. The molecule has 0 saturated heterocycles. The minimum Gasteiger partial charge on any atom is -0.436 e. The van der Waals surface area contributed by atoms with Crippen LogP contribution in [0.2, 0.25) is 0 Å². The van der Waals surface area contributed by atoms with E-state index in [1.807, 2.05) is 31.2 Å². The number of anilines is 1. The van der Waals surface area contributed by atoms with Crippen LogP contribution >= 0.6 is 0 Å². The van der Waals surface area contributed by atoms with Crippen LogP contribution in [-0.2, 0) is 0 Å². The van der Waals surface area contributed by atoms with E-state index in [4.69, 9.17) is 4.42 Å². The van der Waals surface area contributed by atoms with Crippen LogP contribution in [0.1, 0.15) is 21.5 Å². The van der Waals surface area contributed by atoms with Crippen molar-refractivity contribution in [2.75, 3.05) is 5.32 Å². The zero-order valence-corrected chi connectivity index (χ0v) is 15.8. The highest BCUT2D eigenvalue weighted by molar-refractivity contribution is 6.06. The van der Waals surface area contributed by atoms with Crippen LogP contribution in [0.4, 0.5) is 11.4 Å². The zero-order valence-electron chi connectivity index (χ0n) is 15.8. The van der Waals surface area contributed by atoms with E-state index in [1.54, 1.807) is 31.2 Å². The van der Waals surface area contributed by atoms with Gasteiger partial charge in [-0.15, -0.1) is 0 Å². The Morgan fingerprint density at radius 2 is 1.86 bits per heavy atom. The van der Waals surface area contributed by atoms with Crippen molar-refractivity contribution in [2.24, 2.45) is 0 Å². The summed E-state index contributed by atoms with van der Waals surface area (Å²) in [5.74, 6) is 0.0873. The highest BCUT2D eigenvalue weighted by Gasteiger charge is 2.18. The summed E-state index contributed by atoms with van der Waals surface area (Å²) in [5.41, 5.74) is 4.17. The van der Waals surface area contributed by atoms with Crippen LogP contribution in [0.5, 0.6) is 0 Å². The molecular formula is C22H17N3O4. The molecule has 0 aliphatic rings. The highest BCUT2D eigenvalue weighted by Crippen LogP contribution is 2.28. The SMILES string of the molecule is Cc1ccccc1-c1nc2cc(NC(=O)c3cccc([N+](=O)[O-])c3C)ccc2o1. The molecule has 1 aromatic heterocycles. The normalized spacial score (nSPS) is 10.8. The van der Waals surface area contributed by atoms with Crippen molar-refractivity contribution in [1.29, 1.82) is 0 Å². The molecule has 0 fully saturated rings. The molecular weight excluding hydrogens is 370 g/mol. The van der Waals surface area contributed by atoms with E-state index in [1.165, 1.54) is 12.1 Å². The largest absolute Gasteiger partial charge is 0.436 e. The van der Waals surface area contributed by atoms with E-state index < -0.39 is 10.8 Å². The van der Waals surface area contributed by atoms with Crippen molar-refractivity contribution in [3.05, 3.63) is 87.5 Å². The summed E-state index contributed by atoms with van der Waals surface area (Å²) in [7, 11) is 0. The Balaban J connectivity index is 1.64. The average molecular weight is 387 g/mol. The smallest absolute Gasteiger partial charge is 0.273 e. The second-order valence-electron chi connectivity index (χ2n) is 6.68. The minimum atomic E-state index is -0.499. The summed E-state index contributed by atoms with van der Waals surface area (Å²) in [5, 5.41) is 13.9. The van der Waals surface area contributed by atoms with E-state index in [0.717, 1.165) is 11.1 Å². The maximum atomic E-state index is 12.6. The number of nitrogens with one attached hydrogen (secondary N) is 1. The molecule has 1 amide bonds. The van der Waals surface area contributed by atoms with Crippen molar-refractivity contribution in [3.8, 4) is 11.5 Å². The zero-order chi connectivity index (χ0) is 20.5. The molecule has 7 heteroatoms. The Morgan fingerprint density at radius 3 is 2.62 bits per heavy atom. The number of benzene rings is 3. The van der Waals surface area contributed by atoms with Gasteiger partial charge >= 0.3 is 0 Å². The third-order valence-electron chi connectivity index (χ3n) is 4.77. The third kappa shape index (κ3) is 3.45. The number of amides is 1. The first-order chi connectivity index (χ1) is 13.9. The molecule has 0 atom stereocenters. The molecule has 0 radical (unpaired) electrons. The predicted molar refractivity (Wildman–Crippen MR) is 110 cm³/mol. The maximum absolute atomic E-state index is 12.6. The van der Waals surface area contributed by atoms with Crippen molar-refractivity contribution < 1.29 is 14.1 Å². The van der Waals surface area contributed by atoms with Crippen molar-refractivity contribution >= 4 is 28.4 Å². The molecule has 4 rings (SSSR count). The second kappa shape index (κ2) is 7.20. The number of nitrogens with zero attached hydrogens (tertiary/aromatic N) is 2. The lowest BCUT2D eigenvalue weighted by Gasteiger charge is -2.07. The Morgan fingerprint density at radius 1 is 1.07 bits per heavy atom. The summed E-state index contributed by atoms with van der Waals surface area (Å²) in [6.45, 7) is 3.54. The summed E-state index contributed by atoms with van der Waals surface area (Å²) >= 11 is 0. The standard InChI is InChI=1S/C22H17N3O4/c1-13-6-3-4-7-16(13)22-24-18-12-15(10-11-20(18)29-22)23-21(26)17-8-5-9-19(14(17)2)25(27)28/h3-12H,1-2H3,(H,23,26). The summed E-state index contributed by atoms with van der Waals surface area (Å²) in [6, 6.07) is 17.4. The first-order valence-corrected chi connectivity index (χ1v) is 8.96. The first-order valence-electron chi connectivity index (χ1n) is 8.96. The number of nitro groups is 1. The van der Waals surface area contributed by atoms with E-state index in [9.17, 15) is 14.9 Å². The van der Waals surface area contributed by atoms with Gasteiger partial charge in [-0.3, -0.25) is 14.9 Å². The minimum absolute atomic E-state index is 0.0903. The maximum Gasteiger partial charge on any atom is 0.273 e. The van der Waals surface area contributed by atoms with Gasteiger partial charge in [0.2, 0.25) is 5.89 Å². The highest BCUT2D eigenvalue weighted by atomic mass is 16.6. The van der Waals surface area contributed by atoms with Gasteiger partial charge in [0.1, 0.15) is 5.52 Å². The lowest BCUT2D eigenvalue weighted by atomic mass is 10.1.